The summed E-state index contributed by atoms with van der Waals surface area (Å²) >= 11 is 5.90. The minimum absolute atomic E-state index is 0.105. The number of H-pyrrole nitrogens is 1. The zero-order chi connectivity index (χ0) is 24.1. The lowest BCUT2D eigenvalue weighted by atomic mass is 9.93. The normalized spacial score (nSPS) is 11.5. The number of carbonyl (C=O) groups excluding carboxylic acids is 1. The van der Waals surface area contributed by atoms with Crippen molar-refractivity contribution >= 4 is 34.1 Å². The first kappa shape index (κ1) is 23.4. The van der Waals surface area contributed by atoms with Gasteiger partial charge in [-0.2, -0.15) is 10.1 Å². The average Bonchev–Trinajstić information content (AvgIpc) is 3.31. The Labute approximate surface area is 200 Å². The molecule has 4 rings (SSSR count). The summed E-state index contributed by atoms with van der Waals surface area (Å²) < 4.78 is 5.26. The van der Waals surface area contributed by atoms with Crippen molar-refractivity contribution in [1.82, 2.24) is 25.7 Å². The third-order valence-corrected chi connectivity index (χ3v) is 5.58. The van der Waals surface area contributed by atoms with Crippen molar-refractivity contribution in [3.8, 4) is 11.4 Å². The molecule has 2 aromatic carbocycles. The van der Waals surface area contributed by atoms with Crippen LogP contribution in [-0.2, 0) is 11.2 Å². The van der Waals surface area contributed by atoms with Gasteiger partial charge in [0.05, 0.1) is 5.39 Å². The van der Waals surface area contributed by atoms with Crippen LogP contribution >= 0.6 is 11.6 Å². The Balaban J connectivity index is 1.26. The number of carbonyl (C=O) groups is 1. The van der Waals surface area contributed by atoms with Crippen molar-refractivity contribution in [3.05, 3.63) is 69.8 Å². The number of nitrogens with one attached hydrogen (secondary N) is 3. The first-order valence-corrected chi connectivity index (χ1v) is 11.2. The highest BCUT2D eigenvalue weighted by Gasteiger charge is 2.20. The molecule has 0 aliphatic carbocycles. The second-order valence-corrected chi connectivity index (χ2v) is 9.20. The van der Waals surface area contributed by atoms with E-state index in [9.17, 15) is 9.59 Å². The van der Waals surface area contributed by atoms with Crippen LogP contribution in [-0.4, -0.2) is 39.3 Å². The molecule has 2 aromatic heterocycles. The van der Waals surface area contributed by atoms with E-state index in [0.717, 1.165) is 10.9 Å². The standard InChI is InChI=1S/C24H25ClN6O3/c1-24(2,14-27-22-17-5-3-4-6-18(17)23(33)30-29-22)13-26-19(32)11-12-20-28-21(31-34-20)15-7-9-16(25)10-8-15/h3-10H,11-14H2,1-2H3,(H,26,32)(H,27,29)(H,30,33). The van der Waals surface area contributed by atoms with Crippen molar-refractivity contribution in [1.29, 1.82) is 0 Å². The van der Waals surface area contributed by atoms with Gasteiger partial charge >= 0.3 is 0 Å². The summed E-state index contributed by atoms with van der Waals surface area (Å²) in [4.78, 5) is 28.7. The smallest absolute Gasteiger partial charge is 0.272 e. The third kappa shape index (κ3) is 5.79. The maximum Gasteiger partial charge on any atom is 0.272 e. The fraction of sp³-hybridized carbons (Fsp3) is 0.292. The molecule has 4 aromatic rings. The highest BCUT2D eigenvalue weighted by molar-refractivity contribution is 6.30. The molecule has 9 nitrogen and oxygen atoms in total. The molecule has 0 aliphatic heterocycles. The molecule has 0 unspecified atom stereocenters. The number of fused-ring (bicyclic) bond motifs is 1. The Kier molecular flexibility index (Phi) is 6.93. The Bertz CT molecular complexity index is 1350. The number of benzene rings is 2. The van der Waals surface area contributed by atoms with E-state index >= 15 is 0 Å². The predicted octanol–water partition coefficient (Wildman–Crippen LogP) is 3.81. The molecule has 0 radical (unpaired) electrons. The van der Waals surface area contributed by atoms with Crippen LogP contribution in [0.2, 0.25) is 5.02 Å². The molecule has 2 heterocycles. The molecular weight excluding hydrogens is 456 g/mol. The van der Waals surface area contributed by atoms with Gasteiger partial charge in [-0.1, -0.05) is 48.8 Å². The van der Waals surface area contributed by atoms with Crippen molar-refractivity contribution < 1.29 is 9.32 Å². The van der Waals surface area contributed by atoms with E-state index < -0.39 is 0 Å². The van der Waals surface area contributed by atoms with E-state index in [1.54, 1.807) is 18.2 Å². The number of rotatable bonds is 9. The van der Waals surface area contributed by atoms with Gasteiger partial charge in [0.15, 0.2) is 5.82 Å². The van der Waals surface area contributed by atoms with E-state index in [2.05, 4.69) is 31.0 Å². The Morgan fingerprint density at radius 2 is 1.82 bits per heavy atom. The maximum absolute atomic E-state index is 12.4. The zero-order valence-corrected chi connectivity index (χ0v) is 19.6. The summed E-state index contributed by atoms with van der Waals surface area (Å²) in [7, 11) is 0. The predicted molar refractivity (Wildman–Crippen MR) is 131 cm³/mol. The summed E-state index contributed by atoms with van der Waals surface area (Å²) in [5.41, 5.74) is 0.304. The quantitative estimate of drug-likeness (QED) is 0.332. The number of nitrogens with zero attached hydrogens (tertiary/aromatic N) is 3. The van der Waals surface area contributed by atoms with Gasteiger partial charge < -0.3 is 15.2 Å². The van der Waals surface area contributed by atoms with Crippen LogP contribution < -0.4 is 16.2 Å². The van der Waals surface area contributed by atoms with Gasteiger partial charge in [-0.05, 0) is 35.7 Å². The second-order valence-electron chi connectivity index (χ2n) is 8.76. The zero-order valence-electron chi connectivity index (χ0n) is 18.9. The fourth-order valence-electron chi connectivity index (χ4n) is 3.35. The first-order chi connectivity index (χ1) is 16.3. The van der Waals surface area contributed by atoms with Gasteiger partial charge in [0.2, 0.25) is 17.6 Å². The monoisotopic (exact) mass is 480 g/mol. The lowest BCUT2D eigenvalue weighted by Crippen LogP contribution is -2.38. The molecule has 0 fully saturated rings. The lowest BCUT2D eigenvalue weighted by Gasteiger charge is -2.25. The van der Waals surface area contributed by atoms with Crippen molar-refractivity contribution in [2.45, 2.75) is 26.7 Å². The van der Waals surface area contributed by atoms with Crippen LogP contribution in [0.25, 0.3) is 22.2 Å². The van der Waals surface area contributed by atoms with Gasteiger partial charge in [0.25, 0.3) is 5.56 Å². The van der Waals surface area contributed by atoms with Crippen molar-refractivity contribution in [3.63, 3.8) is 0 Å². The maximum atomic E-state index is 12.4. The van der Waals surface area contributed by atoms with Crippen LogP contribution in [0, 0.1) is 5.41 Å². The topological polar surface area (TPSA) is 126 Å². The molecule has 0 aliphatic rings. The minimum Gasteiger partial charge on any atom is -0.368 e. The largest absolute Gasteiger partial charge is 0.368 e. The van der Waals surface area contributed by atoms with E-state index in [4.69, 9.17) is 16.1 Å². The molecule has 0 bridgehead atoms. The van der Waals surface area contributed by atoms with Crippen LogP contribution in [0.15, 0.2) is 57.8 Å². The van der Waals surface area contributed by atoms with Crippen LogP contribution in [0.1, 0.15) is 26.2 Å². The third-order valence-electron chi connectivity index (χ3n) is 5.33. The molecule has 176 valence electrons. The van der Waals surface area contributed by atoms with E-state index in [1.807, 2.05) is 44.2 Å². The molecular formula is C24H25ClN6O3. The van der Waals surface area contributed by atoms with E-state index in [0.29, 0.717) is 47.5 Å². The van der Waals surface area contributed by atoms with E-state index in [-0.39, 0.29) is 23.3 Å². The van der Waals surface area contributed by atoms with Crippen LogP contribution in [0.5, 0.6) is 0 Å². The average molecular weight is 481 g/mol. The van der Waals surface area contributed by atoms with Crippen molar-refractivity contribution in [2.24, 2.45) is 5.41 Å². The van der Waals surface area contributed by atoms with Gasteiger partial charge in [0.1, 0.15) is 0 Å². The number of aryl methyl sites for hydroxylation is 1. The van der Waals surface area contributed by atoms with Crippen LogP contribution in [0.4, 0.5) is 5.82 Å². The van der Waals surface area contributed by atoms with Gasteiger partial charge in [-0.25, -0.2) is 5.10 Å². The number of hydrogen-bond donors (Lipinski definition) is 3. The number of hydrogen-bond acceptors (Lipinski definition) is 7. The Hall–Kier alpha value is -3.72. The van der Waals surface area contributed by atoms with Gasteiger partial charge in [-0.3, -0.25) is 9.59 Å². The first-order valence-electron chi connectivity index (χ1n) is 10.9. The number of anilines is 1. The molecule has 0 saturated carbocycles. The summed E-state index contributed by atoms with van der Waals surface area (Å²) in [5.74, 6) is 1.36. The number of amides is 1. The Morgan fingerprint density at radius 1 is 1.09 bits per heavy atom. The summed E-state index contributed by atoms with van der Waals surface area (Å²) in [6.07, 6.45) is 0.580. The fourth-order valence-corrected chi connectivity index (χ4v) is 3.48. The molecule has 0 spiro atoms. The lowest BCUT2D eigenvalue weighted by molar-refractivity contribution is -0.121. The highest BCUT2D eigenvalue weighted by atomic mass is 35.5. The number of aromatic amines is 1. The van der Waals surface area contributed by atoms with Crippen molar-refractivity contribution in [2.75, 3.05) is 18.4 Å². The minimum atomic E-state index is -0.263. The van der Waals surface area contributed by atoms with Crippen LogP contribution in [0.3, 0.4) is 0 Å². The van der Waals surface area contributed by atoms with Gasteiger partial charge in [0, 0.05) is 41.9 Å². The Morgan fingerprint density at radius 3 is 2.59 bits per heavy atom. The molecule has 34 heavy (non-hydrogen) atoms. The van der Waals surface area contributed by atoms with E-state index in [1.165, 1.54) is 0 Å². The molecule has 0 saturated heterocycles. The van der Waals surface area contributed by atoms with Gasteiger partial charge in [-0.15, -0.1) is 0 Å². The number of aromatic nitrogens is 4. The molecule has 10 heteroatoms. The summed E-state index contributed by atoms with van der Waals surface area (Å²) in [6.45, 7) is 5.07. The molecule has 0 atom stereocenters. The SMILES string of the molecule is CC(C)(CNC(=O)CCc1nc(-c2ccc(Cl)cc2)no1)CNc1n[nH]c(=O)c2ccccc12. The molecule has 3 N–H and O–H groups in total. The summed E-state index contributed by atoms with van der Waals surface area (Å²) in [6, 6.07) is 14.4. The second kappa shape index (κ2) is 10.0. The highest BCUT2D eigenvalue weighted by Crippen LogP contribution is 2.21. The summed E-state index contributed by atoms with van der Waals surface area (Å²) in [5, 5.41) is 18.8. The number of halogens is 1. The molecule has 1 amide bonds.